The van der Waals surface area contributed by atoms with Crippen molar-refractivity contribution in [1.29, 1.82) is 0 Å². The van der Waals surface area contributed by atoms with Crippen LogP contribution in [0, 0.1) is 5.92 Å². The van der Waals surface area contributed by atoms with Crippen LogP contribution < -0.4 is 10.6 Å². The van der Waals surface area contributed by atoms with Gasteiger partial charge in [0.2, 0.25) is 5.91 Å². The molecule has 0 aromatic carbocycles. The lowest BCUT2D eigenvalue weighted by molar-refractivity contribution is -0.119. The number of rotatable bonds is 3. The Kier molecular flexibility index (Phi) is 4.09. The molecule has 4 nitrogen and oxygen atoms in total. The van der Waals surface area contributed by atoms with E-state index in [2.05, 4.69) is 15.6 Å². The monoisotopic (exact) mass is 241 g/mol. The van der Waals surface area contributed by atoms with Gasteiger partial charge in [0.15, 0.2) is 5.17 Å². The van der Waals surface area contributed by atoms with Gasteiger partial charge in [-0.3, -0.25) is 9.79 Å². The van der Waals surface area contributed by atoms with Crippen molar-refractivity contribution in [3.05, 3.63) is 0 Å². The first-order valence-corrected chi connectivity index (χ1v) is 6.98. The molecule has 2 atom stereocenters. The summed E-state index contributed by atoms with van der Waals surface area (Å²) in [7, 11) is 0. The highest BCUT2D eigenvalue weighted by atomic mass is 32.2. The zero-order chi connectivity index (χ0) is 11.4. The van der Waals surface area contributed by atoms with Crippen molar-refractivity contribution in [2.24, 2.45) is 10.9 Å². The molecule has 2 rings (SSSR count). The number of hydrogen-bond acceptors (Lipinski definition) is 3. The maximum absolute atomic E-state index is 11.3. The zero-order valence-corrected chi connectivity index (χ0v) is 10.5. The van der Waals surface area contributed by atoms with Crippen molar-refractivity contribution in [3.8, 4) is 0 Å². The highest BCUT2D eigenvalue weighted by Crippen LogP contribution is 2.32. The predicted molar refractivity (Wildman–Crippen MR) is 67.7 cm³/mol. The average Bonchev–Trinajstić information content (AvgIpc) is 2.74. The number of amides is 1. The summed E-state index contributed by atoms with van der Waals surface area (Å²) in [5.41, 5.74) is 0. The summed E-state index contributed by atoms with van der Waals surface area (Å²) in [4.78, 5) is 15.6. The van der Waals surface area contributed by atoms with E-state index in [1.807, 2.05) is 6.92 Å². The fourth-order valence-electron chi connectivity index (χ4n) is 2.30. The summed E-state index contributed by atoms with van der Waals surface area (Å²) in [6, 6.07) is 0.606. The fraction of sp³-hybridized carbons (Fsp3) is 0.818. The van der Waals surface area contributed by atoms with Gasteiger partial charge in [0.1, 0.15) is 6.54 Å². The van der Waals surface area contributed by atoms with Gasteiger partial charge in [-0.05, 0) is 25.7 Å². The van der Waals surface area contributed by atoms with Crippen LogP contribution in [0.25, 0.3) is 0 Å². The highest BCUT2D eigenvalue weighted by molar-refractivity contribution is 8.13. The second kappa shape index (κ2) is 5.57. The van der Waals surface area contributed by atoms with Gasteiger partial charge in [0.05, 0.1) is 0 Å². The molecule has 1 saturated heterocycles. The lowest BCUT2D eigenvalue weighted by Crippen LogP contribution is -2.42. The van der Waals surface area contributed by atoms with E-state index >= 15 is 0 Å². The van der Waals surface area contributed by atoms with Gasteiger partial charge in [-0.25, -0.2) is 0 Å². The Morgan fingerprint density at radius 2 is 2.50 bits per heavy atom. The molecule has 2 unspecified atom stereocenters. The number of nitrogens with zero attached hydrogens (tertiary/aromatic N) is 1. The molecule has 0 radical (unpaired) electrons. The van der Waals surface area contributed by atoms with Gasteiger partial charge in [0, 0.05) is 18.3 Å². The topological polar surface area (TPSA) is 53.5 Å². The largest absolute Gasteiger partial charge is 0.362 e. The summed E-state index contributed by atoms with van der Waals surface area (Å²) in [6.45, 7) is 2.84. The molecule has 0 spiro atoms. The smallest absolute Gasteiger partial charge is 0.241 e. The molecule has 0 aromatic heterocycles. The van der Waals surface area contributed by atoms with Crippen LogP contribution in [0.5, 0.6) is 0 Å². The van der Waals surface area contributed by atoms with Crippen LogP contribution in [0.4, 0.5) is 0 Å². The van der Waals surface area contributed by atoms with Gasteiger partial charge in [-0.1, -0.05) is 18.2 Å². The molecule has 1 heterocycles. The first kappa shape index (κ1) is 11.8. The van der Waals surface area contributed by atoms with Crippen molar-refractivity contribution < 1.29 is 4.79 Å². The number of nitrogens with one attached hydrogen (secondary N) is 2. The van der Waals surface area contributed by atoms with E-state index in [0.717, 1.165) is 16.8 Å². The van der Waals surface area contributed by atoms with Crippen LogP contribution in [-0.4, -0.2) is 36.0 Å². The minimum absolute atomic E-state index is 0.00551. The van der Waals surface area contributed by atoms with Crippen molar-refractivity contribution >= 4 is 22.8 Å². The second-order valence-electron chi connectivity index (χ2n) is 4.33. The average molecular weight is 241 g/mol. The molecule has 16 heavy (non-hydrogen) atoms. The van der Waals surface area contributed by atoms with E-state index in [1.54, 1.807) is 11.8 Å². The van der Waals surface area contributed by atoms with Crippen LogP contribution >= 0.6 is 11.8 Å². The standard InChI is InChI=1S/C11H19N3OS/c1-2-12-10(15)6-13-11-14-9-5-3-4-8(9)7-16-11/h8-9H,2-7H2,1H3,(H,12,15)(H,13,14). The van der Waals surface area contributed by atoms with E-state index in [1.165, 1.54) is 19.3 Å². The molecule has 0 bridgehead atoms. The number of thioether (sulfide) groups is 1. The third kappa shape index (κ3) is 2.90. The number of carbonyl (C=O) groups is 1. The molecule has 90 valence electrons. The summed E-state index contributed by atoms with van der Waals surface area (Å²) >= 11 is 1.76. The molecule has 5 heteroatoms. The van der Waals surface area contributed by atoms with E-state index < -0.39 is 0 Å². The lowest BCUT2D eigenvalue weighted by atomic mass is 10.1. The molecule has 1 amide bonds. The third-order valence-electron chi connectivity index (χ3n) is 3.14. The Morgan fingerprint density at radius 1 is 1.62 bits per heavy atom. The molecular weight excluding hydrogens is 222 g/mol. The minimum Gasteiger partial charge on any atom is -0.362 e. The molecule has 0 aromatic rings. The number of carbonyl (C=O) groups excluding carboxylic acids is 1. The molecule has 1 saturated carbocycles. The van der Waals surface area contributed by atoms with Gasteiger partial charge in [-0.2, -0.15) is 0 Å². The van der Waals surface area contributed by atoms with Crippen molar-refractivity contribution in [1.82, 2.24) is 10.6 Å². The Balaban J connectivity index is 1.81. The van der Waals surface area contributed by atoms with Gasteiger partial charge >= 0.3 is 0 Å². The first-order valence-electron chi connectivity index (χ1n) is 6.00. The first-order chi connectivity index (χ1) is 7.79. The van der Waals surface area contributed by atoms with Crippen LogP contribution in [0.1, 0.15) is 26.2 Å². The molecule has 1 aliphatic heterocycles. The summed E-state index contributed by atoms with van der Waals surface area (Å²) in [6.07, 6.45) is 3.92. The maximum atomic E-state index is 11.3. The van der Waals surface area contributed by atoms with E-state index in [4.69, 9.17) is 0 Å². The number of hydrogen-bond donors (Lipinski definition) is 2. The molecule has 2 N–H and O–H groups in total. The van der Waals surface area contributed by atoms with E-state index in [0.29, 0.717) is 12.6 Å². The van der Waals surface area contributed by atoms with Crippen molar-refractivity contribution in [2.75, 3.05) is 18.8 Å². The summed E-state index contributed by atoms with van der Waals surface area (Å²) in [5, 5.41) is 7.15. The highest BCUT2D eigenvalue weighted by Gasteiger charge is 2.31. The van der Waals surface area contributed by atoms with Crippen molar-refractivity contribution in [3.63, 3.8) is 0 Å². The van der Waals surface area contributed by atoms with Crippen LogP contribution in [0.3, 0.4) is 0 Å². The molecule has 2 aliphatic rings. The number of likely N-dealkylation sites (N-methyl/N-ethyl adjacent to an activating group) is 1. The van der Waals surface area contributed by atoms with Crippen LogP contribution in [0.2, 0.25) is 0 Å². The molecule has 1 aliphatic carbocycles. The summed E-state index contributed by atoms with van der Waals surface area (Å²) < 4.78 is 0. The Morgan fingerprint density at radius 3 is 3.31 bits per heavy atom. The Bertz CT molecular complexity index is 293. The number of aliphatic imine (C=N–C) groups is 1. The Hall–Kier alpha value is -0.710. The molecule has 2 fully saturated rings. The van der Waals surface area contributed by atoms with Gasteiger partial charge in [0.25, 0.3) is 0 Å². The third-order valence-corrected chi connectivity index (χ3v) is 4.26. The molecular formula is C11H19N3OS. The maximum Gasteiger partial charge on any atom is 0.241 e. The second-order valence-corrected chi connectivity index (χ2v) is 5.34. The quantitative estimate of drug-likeness (QED) is 0.774. The Labute approximate surface area is 101 Å². The zero-order valence-electron chi connectivity index (χ0n) is 9.66. The number of fused-ring (bicyclic) bond motifs is 1. The SMILES string of the molecule is CCNC(=O)CN=C1NC2CCCC2CS1. The van der Waals surface area contributed by atoms with Gasteiger partial charge < -0.3 is 10.6 Å². The van der Waals surface area contributed by atoms with Crippen LogP contribution in [-0.2, 0) is 4.79 Å². The van der Waals surface area contributed by atoms with Crippen molar-refractivity contribution in [2.45, 2.75) is 32.2 Å². The lowest BCUT2D eigenvalue weighted by Gasteiger charge is -2.27. The van der Waals surface area contributed by atoms with E-state index in [-0.39, 0.29) is 12.5 Å². The fourth-order valence-corrected chi connectivity index (χ4v) is 3.46. The number of amidine groups is 1. The van der Waals surface area contributed by atoms with Gasteiger partial charge in [-0.15, -0.1) is 0 Å². The van der Waals surface area contributed by atoms with Crippen LogP contribution in [0.15, 0.2) is 4.99 Å². The minimum atomic E-state index is 0.00551. The van der Waals surface area contributed by atoms with E-state index in [9.17, 15) is 4.79 Å². The normalized spacial score (nSPS) is 30.9. The summed E-state index contributed by atoms with van der Waals surface area (Å²) in [5.74, 6) is 1.98. The predicted octanol–water partition coefficient (Wildman–Crippen LogP) is 0.984.